The summed E-state index contributed by atoms with van der Waals surface area (Å²) in [5, 5.41) is 0. The first-order chi connectivity index (χ1) is 7.86. The Balaban J connectivity index is 2.57. The number of amides is 1. The highest BCUT2D eigenvalue weighted by molar-refractivity contribution is 5.81. The van der Waals surface area contributed by atoms with Crippen molar-refractivity contribution in [2.45, 2.75) is 25.1 Å². The average Bonchev–Trinajstić information content (AvgIpc) is 2.27. The fourth-order valence-corrected chi connectivity index (χ4v) is 1.93. The fraction of sp³-hybridized carbons (Fsp3) is 0.900. The van der Waals surface area contributed by atoms with Crippen molar-refractivity contribution in [1.82, 2.24) is 4.90 Å². The number of likely N-dealkylation sites (tertiary alicyclic amines) is 1. The second kappa shape index (κ2) is 5.68. The third-order valence-electron chi connectivity index (χ3n) is 2.86. The summed E-state index contributed by atoms with van der Waals surface area (Å²) in [7, 11) is 1.39. The molecule has 2 atom stereocenters. The Kier molecular flexibility index (Phi) is 4.76. The van der Waals surface area contributed by atoms with Gasteiger partial charge in [-0.05, 0) is 12.8 Å². The van der Waals surface area contributed by atoms with E-state index in [4.69, 9.17) is 10.5 Å². The number of carbonyl (C=O) groups is 1. The Hall–Kier alpha value is -0.820. The van der Waals surface area contributed by atoms with E-state index >= 15 is 0 Å². The number of carbonyl (C=O) groups excluding carboxylic acids is 1. The molecule has 2 N–H and O–H groups in total. The molecular weight excluding hydrogens is 237 g/mol. The van der Waals surface area contributed by atoms with Crippen LogP contribution >= 0.6 is 0 Å². The minimum absolute atomic E-state index is 0.0199. The number of halogens is 3. The van der Waals surface area contributed by atoms with Gasteiger partial charge < -0.3 is 15.4 Å². The summed E-state index contributed by atoms with van der Waals surface area (Å²) in [6, 6.07) is -0.882. The number of methoxy groups -OCH3 is 1. The molecule has 1 aliphatic rings. The Morgan fingerprint density at radius 1 is 1.59 bits per heavy atom. The molecule has 7 heteroatoms. The van der Waals surface area contributed by atoms with Crippen molar-refractivity contribution in [3.63, 3.8) is 0 Å². The van der Waals surface area contributed by atoms with E-state index in [0.717, 1.165) is 0 Å². The molecule has 0 bridgehead atoms. The molecule has 0 aliphatic carbocycles. The zero-order valence-corrected chi connectivity index (χ0v) is 9.67. The molecule has 0 aromatic carbocycles. The number of hydrogen-bond donors (Lipinski definition) is 1. The lowest BCUT2D eigenvalue weighted by molar-refractivity contribution is -0.188. The third kappa shape index (κ3) is 3.85. The van der Waals surface area contributed by atoms with Gasteiger partial charge in [-0.25, -0.2) is 0 Å². The van der Waals surface area contributed by atoms with Crippen LogP contribution in [-0.2, 0) is 9.53 Å². The standard InChI is InChI=1S/C10H17F3N2O2/c1-17-6-8(14)9(16)15-4-2-3-7(5-15)10(11,12)13/h7-8H,2-6,14H2,1H3. The predicted octanol–water partition coefficient (Wildman–Crippen LogP) is 0.761. The highest BCUT2D eigenvalue weighted by atomic mass is 19.4. The summed E-state index contributed by atoms with van der Waals surface area (Å²) in [6.07, 6.45) is -3.81. The third-order valence-corrected chi connectivity index (χ3v) is 2.86. The topological polar surface area (TPSA) is 55.6 Å². The lowest BCUT2D eigenvalue weighted by Gasteiger charge is -2.34. The molecule has 0 radical (unpaired) electrons. The quantitative estimate of drug-likeness (QED) is 0.809. The van der Waals surface area contributed by atoms with Crippen molar-refractivity contribution in [2.24, 2.45) is 11.7 Å². The van der Waals surface area contributed by atoms with Gasteiger partial charge in [0.2, 0.25) is 5.91 Å². The number of nitrogens with two attached hydrogens (primary N) is 1. The molecule has 1 heterocycles. The van der Waals surface area contributed by atoms with E-state index in [9.17, 15) is 18.0 Å². The molecule has 100 valence electrons. The van der Waals surface area contributed by atoms with Crippen molar-refractivity contribution in [1.29, 1.82) is 0 Å². The number of piperidine rings is 1. The number of rotatable bonds is 3. The molecule has 4 nitrogen and oxygen atoms in total. The van der Waals surface area contributed by atoms with E-state index < -0.39 is 24.0 Å². The van der Waals surface area contributed by atoms with Crippen LogP contribution in [0.2, 0.25) is 0 Å². The molecule has 17 heavy (non-hydrogen) atoms. The van der Waals surface area contributed by atoms with Crippen LogP contribution < -0.4 is 5.73 Å². The first-order valence-corrected chi connectivity index (χ1v) is 5.46. The number of alkyl halides is 3. The number of hydrogen-bond acceptors (Lipinski definition) is 3. The van der Waals surface area contributed by atoms with Crippen LogP contribution in [0.1, 0.15) is 12.8 Å². The Morgan fingerprint density at radius 3 is 2.76 bits per heavy atom. The van der Waals surface area contributed by atoms with Gasteiger partial charge in [-0.1, -0.05) is 0 Å². The van der Waals surface area contributed by atoms with Crippen LogP contribution in [0.5, 0.6) is 0 Å². The van der Waals surface area contributed by atoms with Gasteiger partial charge in [-0.2, -0.15) is 13.2 Å². The SMILES string of the molecule is COCC(N)C(=O)N1CCCC(C(F)(F)F)C1. The predicted molar refractivity (Wildman–Crippen MR) is 55.2 cm³/mol. The molecule has 2 unspecified atom stereocenters. The van der Waals surface area contributed by atoms with Gasteiger partial charge in [0.1, 0.15) is 6.04 Å². The summed E-state index contributed by atoms with van der Waals surface area (Å²) in [5.74, 6) is -1.91. The smallest absolute Gasteiger partial charge is 0.383 e. The minimum atomic E-state index is -4.25. The van der Waals surface area contributed by atoms with Gasteiger partial charge >= 0.3 is 6.18 Å². The van der Waals surface area contributed by atoms with Gasteiger partial charge in [0.15, 0.2) is 0 Å². The lowest BCUT2D eigenvalue weighted by atomic mass is 9.97. The van der Waals surface area contributed by atoms with Crippen molar-refractivity contribution in [3.05, 3.63) is 0 Å². The van der Waals surface area contributed by atoms with Crippen LogP contribution in [0.3, 0.4) is 0 Å². The zero-order valence-electron chi connectivity index (χ0n) is 9.67. The van der Waals surface area contributed by atoms with Crippen molar-refractivity contribution in [3.8, 4) is 0 Å². The Morgan fingerprint density at radius 2 is 2.24 bits per heavy atom. The van der Waals surface area contributed by atoms with Gasteiger partial charge in [-0.15, -0.1) is 0 Å². The van der Waals surface area contributed by atoms with Crippen LogP contribution in [-0.4, -0.2) is 49.8 Å². The molecule has 1 aliphatic heterocycles. The van der Waals surface area contributed by atoms with Gasteiger partial charge in [0.05, 0.1) is 12.5 Å². The van der Waals surface area contributed by atoms with Gasteiger partial charge in [-0.3, -0.25) is 4.79 Å². The Labute approximate surface area is 97.9 Å². The van der Waals surface area contributed by atoms with Gasteiger partial charge in [0, 0.05) is 20.2 Å². The largest absolute Gasteiger partial charge is 0.393 e. The van der Waals surface area contributed by atoms with Crippen LogP contribution in [0.15, 0.2) is 0 Å². The molecule has 1 saturated heterocycles. The highest BCUT2D eigenvalue weighted by Gasteiger charge is 2.43. The van der Waals surface area contributed by atoms with E-state index in [1.54, 1.807) is 0 Å². The summed E-state index contributed by atoms with van der Waals surface area (Å²) >= 11 is 0. The van der Waals surface area contributed by atoms with E-state index in [1.807, 2.05) is 0 Å². The minimum Gasteiger partial charge on any atom is -0.383 e. The summed E-state index contributed by atoms with van der Waals surface area (Å²) in [4.78, 5) is 12.9. The first kappa shape index (κ1) is 14.2. The van der Waals surface area contributed by atoms with Crippen LogP contribution in [0.25, 0.3) is 0 Å². The van der Waals surface area contributed by atoms with Crippen molar-refractivity contribution in [2.75, 3.05) is 26.8 Å². The maximum absolute atomic E-state index is 12.5. The molecule has 1 amide bonds. The van der Waals surface area contributed by atoms with Crippen LogP contribution in [0.4, 0.5) is 13.2 Å². The molecule has 0 aromatic heterocycles. The summed E-state index contributed by atoms with van der Waals surface area (Å²) in [6.45, 7) is 0.0641. The maximum Gasteiger partial charge on any atom is 0.393 e. The molecule has 0 aromatic rings. The van der Waals surface area contributed by atoms with Crippen molar-refractivity contribution < 1.29 is 22.7 Å². The number of nitrogens with zero attached hydrogens (tertiary/aromatic N) is 1. The normalized spacial score (nSPS) is 23.6. The highest BCUT2D eigenvalue weighted by Crippen LogP contribution is 2.33. The molecule has 1 rings (SSSR count). The molecular formula is C10H17F3N2O2. The summed E-state index contributed by atoms with van der Waals surface area (Å²) in [5.41, 5.74) is 5.52. The molecule has 0 saturated carbocycles. The van der Waals surface area contributed by atoms with E-state index in [2.05, 4.69) is 0 Å². The zero-order chi connectivity index (χ0) is 13.1. The second-order valence-electron chi connectivity index (χ2n) is 4.23. The maximum atomic E-state index is 12.5. The monoisotopic (exact) mass is 254 g/mol. The summed E-state index contributed by atoms with van der Waals surface area (Å²) < 4.78 is 42.3. The van der Waals surface area contributed by atoms with E-state index in [-0.39, 0.29) is 19.6 Å². The number of ether oxygens (including phenoxy) is 1. The fourth-order valence-electron chi connectivity index (χ4n) is 1.93. The first-order valence-electron chi connectivity index (χ1n) is 5.46. The lowest BCUT2D eigenvalue weighted by Crippen LogP contribution is -2.51. The second-order valence-corrected chi connectivity index (χ2v) is 4.23. The van der Waals surface area contributed by atoms with Crippen molar-refractivity contribution >= 4 is 5.91 Å². The average molecular weight is 254 g/mol. The molecule has 0 spiro atoms. The van der Waals surface area contributed by atoms with E-state index in [1.165, 1.54) is 12.0 Å². The Bertz CT molecular complexity index is 271. The molecule has 1 fully saturated rings. The van der Waals surface area contributed by atoms with Crippen LogP contribution in [0, 0.1) is 5.92 Å². The van der Waals surface area contributed by atoms with E-state index in [0.29, 0.717) is 13.0 Å². The van der Waals surface area contributed by atoms with Gasteiger partial charge in [0.25, 0.3) is 0 Å².